The van der Waals surface area contributed by atoms with Crippen molar-refractivity contribution in [1.82, 2.24) is 15.5 Å². The fourth-order valence-corrected chi connectivity index (χ4v) is 3.77. The number of amides is 1. The number of ether oxygens (including phenoxy) is 2. The summed E-state index contributed by atoms with van der Waals surface area (Å²) < 4.78 is 10.8. The topological polar surface area (TPSA) is 75.2 Å². The fraction of sp³-hybridized carbons (Fsp3) is 0.417. The second-order valence-corrected chi connectivity index (χ2v) is 7.59. The molecular formula is C24H32N4O3. The van der Waals surface area contributed by atoms with Crippen molar-refractivity contribution in [1.29, 1.82) is 0 Å². The molecule has 0 aromatic heterocycles. The van der Waals surface area contributed by atoms with Crippen LogP contribution < -0.4 is 20.1 Å². The van der Waals surface area contributed by atoms with E-state index in [4.69, 9.17) is 9.47 Å². The summed E-state index contributed by atoms with van der Waals surface area (Å²) in [7, 11) is 5.03. The molecular weight excluding hydrogens is 392 g/mol. The number of benzene rings is 2. The minimum Gasteiger partial charge on any atom is -0.497 e. The number of rotatable bonds is 8. The summed E-state index contributed by atoms with van der Waals surface area (Å²) in [6.45, 7) is 4.13. The molecule has 0 bridgehead atoms. The summed E-state index contributed by atoms with van der Waals surface area (Å²) in [5.41, 5.74) is 3.48. The lowest BCUT2D eigenvalue weighted by atomic mass is 10.1. The van der Waals surface area contributed by atoms with Gasteiger partial charge in [-0.25, -0.2) is 0 Å². The second-order valence-electron chi connectivity index (χ2n) is 7.59. The van der Waals surface area contributed by atoms with Gasteiger partial charge in [-0.3, -0.25) is 9.79 Å². The molecule has 31 heavy (non-hydrogen) atoms. The smallest absolute Gasteiger partial charge is 0.223 e. The normalized spacial score (nSPS) is 14.1. The molecule has 1 aliphatic rings. The highest BCUT2D eigenvalue weighted by Crippen LogP contribution is 2.29. The lowest BCUT2D eigenvalue weighted by molar-refractivity contribution is -0.131. The van der Waals surface area contributed by atoms with Gasteiger partial charge in [0.1, 0.15) is 11.5 Å². The summed E-state index contributed by atoms with van der Waals surface area (Å²) in [5.74, 6) is 2.43. The molecule has 0 radical (unpaired) electrons. The molecule has 2 aromatic rings. The first-order chi connectivity index (χ1) is 15.0. The van der Waals surface area contributed by atoms with Crippen LogP contribution in [-0.4, -0.2) is 44.6 Å². The lowest BCUT2D eigenvalue weighted by Gasteiger charge is -2.21. The van der Waals surface area contributed by atoms with Crippen molar-refractivity contribution in [2.24, 2.45) is 4.99 Å². The number of carbonyl (C=O) groups excluding carboxylic acids is 1. The third-order valence-corrected chi connectivity index (χ3v) is 5.53. The first-order valence-electron chi connectivity index (χ1n) is 10.6. The molecule has 2 aromatic carbocycles. The Hall–Kier alpha value is -3.22. The van der Waals surface area contributed by atoms with Gasteiger partial charge in [-0.2, -0.15) is 0 Å². The highest BCUT2D eigenvalue weighted by molar-refractivity contribution is 5.80. The van der Waals surface area contributed by atoms with Crippen LogP contribution in [0.4, 0.5) is 0 Å². The van der Waals surface area contributed by atoms with Crippen LogP contribution >= 0.6 is 0 Å². The maximum Gasteiger partial charge on any atom is 0.223 e. The van der Waals surface area contributed by atoms with Gasteiger partial charge in [-0.1, -0.05) is 24.3 Å². The fourth-order valence-electron chi connectivity index (χ4n) is 3.77. The number of nitrogens with one attached hydrogen (secondary N) is 2. The van der Waals surface area contributed by atoms with E-state index in [2.05, 4.69) is 27.8 Å². The van der Waals surface area contributed by atoms with Crippen LogP contribution in [0.2, 0.25) is 0 Å². The summed E-state index contributed by atoms with van der Waals surface area (Å²) in [6.07, 6.45) is 1.25. The van der Waals surface area contributed by atoms with Crippen LogP contribution in [-0.2, 0) is 17.9 Å². The zero-order chi connectivity index (χ0) is 22.2. The second kappa shape index (κ2) is 10.7. The number of aliphatic imine (C=N–C) groups is 1. The van der Waals surface area contributed by atoms with Gasteiger partial charge in [0.2, 0.25) is 5.91 Å². The van der Waals surface area contributed by atoms with Crippen molar-refractivity contribution in [3.8, 4) is 11.5 Å². The molecule has 0 fully saturated rings. The van der Waals surface area contributed by atoms with Crippen molar-refractivity contribution in [3.63, 3.8) is 0 Å². The molecule has 0 saturated carbocycles. The van der Waals surface area contributed by atoms with Crippen molar-refractivity contribution in [2.45, 2.75) is 38.9 Å². The number of nitrogens with zero attached hydrogens (tertiary/aromatic N) is 2. The van der Waals surface area contributed by atoms with Crippen LogP contribution in [0.3, 0.4) is 0 Å². The van der Waals surface area contributed by atoms with E-state index in [1.165, 1.54) is 11.1 Å². The average molecular weight is 425 g/mol. The molecule has 1 unspecified atom stereocenters. The third-order valence-electron chi connectivity index (χ3n) is 5.53. The number of methoxy groups -OCH3 is 2. The summed E-state index contributed by atoms with van der Waals surface area (Å²) in [4.78, 5) is 18.8. The molecule has 7 nitrogen and oxygen atoms in total. The Bertz CT molecular complexity index is 904. The Kier molecular flexibility index (Phi) is 7.76. The summed E-state index contributed by atoms with van der Waals surface area (Å²) in [5, 5.41) is 6.67. The van der Waals surface area contributed by atoms with Gasteiger partial charge in [0.25, 0.3) is 0 Å². The van der Waals surface area contributed by atoms with Crippen molar-refractivity contribution in [3.05, 3.63) is 59.2 Å². The zero-order valence-electron chi connectivity index (χ0n) is 18.8. The van der Waals surface area contributed by atoms with Crippen molar-refractivity contribution < 1.29 is 14.3 Å². The molecule has 2 N–H and O–H groups in total. The molecule has 7 heteroatoms. The van der Waals surface area contributed by atoms with E-state index in [0.29, 0.717) is 32.0 Å². The van der Waals surface area contributed by atoms with E-state index in [9.17, 15) is 4.79 Å². The van der Waals surface area contributed by atoms with Crippen molar-refractivity contribution >= 4 is 11.9 Å². The van der Waals surface area contributed by atoms with E-state index < -0.39 is 0 Å². The number of fused-ring (bicyclic) bond motifs is 1. The monoisotopic (exact) mass is 424 g/mol. The van der Waals surface area contributed by atoms with Gasteiger partial charge in [0.15, 0.2) is 5.96 Å². The maximum atomic E-state index is 12.5. The molecule has 0 saturated heterocycles. The van der Waals surface area contributed by atoms with Crippen LogP contribution in [0.1, 0.15) is 42.5 Å². The molecule has 0 aliphatic carbocycles. The summed E-state index contributed by atoms with van der Waals surface area (Å²) >= 11 is 0. The quantitative estimate of drug-likeness (QED) is 0.387. The van der Waals surface area contributed by atoms with Crippen LogP contribution in [0.25, 0.3) is 0 Å². The SMILES string of the molecule is CN=C(NCCCC(=O)N1Cc2ccccc2C1)NC(C)c1cc(OC)ccc1OC. The molecule has 166 valence electrons. The Morgan fingerprint density at radius 2 is 1.84 bits per heavy atom. The lowest BCUT2D eigenvalue weighted by Crippen LogP contribution is -2.39. The number of carbonyl (C=O) groups is 1. The van der Waals surface area contributed by atoms with Gasteiger partial charge in [-0.15, -0.1) is 0 Å². The van der Waals surface area contributed by atoms with Gasteiger partial charge >= 0.3 is 0 Å². The Morgan fingerprint density at radius 1 is 1.13 bits per heavy atom. The molecule has 1 aliphatic heterocycles. The third kappa shape index (κ3) is 5.69. The molecule has 1 atom stereocenters. The van der Waals surface area contributed by atoms with Gasteiger partial charge in [0, 0.05) is 38.7 Å². The van der Waals surface area contributed by atoms with E-state index in [-0.39, 0.29) is 11.9 Å². The molecule has 1 heterocycles. The predicted molar refractivity (Wildman–Crippen MR) is 122 cm³/mol. The standard InChI is InChI=1S/C24H32N4O3/c1-17(21-14-20(30-3)11-12-22(21)31-4)27-24(25-2)26-13-7-10-23(29)28-15-18-8-5-6-9-19(18)16-28/h5-6,8-9,11-12,14,17H,7,10,13,15-16H2,1-4H3,(H2,25,26,27). The van der Waals surface area contributed by atoms with Crippen LogP contribution in [0, 0.1) is 0 Å². The van der Waals surface area contributed by atoms with Crippen LogP contribution in [0.15, 0.2) is 47.5 Å². The highest BCUT2D eigenvalue weighted by Gasteiger charge is 2.22. The zero-order valence-corrected chi connectivity index (χ0v) is 18.8. The number of hydrogen-bond donors (Lipinski definition) is 2. The van der Waals surface area contributed by atoms with Gasteiger partial charge in [0.05, 0.1) is 20.3 Å². The molecule has 3 rings (SSSR count). The Morgan fingerprint density at radius 3 is 2.45 bits per heavy atom. The maximum absolute atomic E-state index is 12.5. The van der Waals surface area contributed by atoms with E-state index in [1.54, 1.807) is 21.3 Å². The Balaban J connectivity index is 1.45. The first kappa shape index (κ1) is 22.5. The largest absolute Gasteiger partial charge is 0.497 e. The minimum absolute atomic E-state index is 0.0408. The van der Waals surface area contributed by atoms with E-state index in [1.807, 2.05) is 42.2 Å². The van der Waals surface area contributed by atoms with Crippen molar-refractivity contribution in [2.75, 3.05) is 27.8 Å². The molecule has 1 amide bonds. The average Bonchev–Trinajstić information content (AvgIpc) is 3.24. The predicted octanol–water partition coefficient (Wildman–Crippen LogP) is 3.25. The van der Waals surface area contributed by atoms with E-state index in [0.717, 1.165) is 23.5 Å². The molecule has 0 spiro atoms. The first-order valence-corrected chi connectivity index (χ1v) is 10.6. The highest BCUT2D eigenvalue weighted by atomic mass is 16.5. The van der Waals surface area contributed by atoms with Gasteiger partial charge in [-0.05, 0) is 42.7 Å². The van der Waals surface area contributed by atoms with E-state index >= 15 is 0 Å². The van der Waals surface area contributed by atoms with Crippen LogP contribution in [0.5, 0.6) is 11.5 Å². The number of guanidine groups is 1. The summed E-state index contributed by atoms with van der Waals surface area (Å²) in [6, 6.07) is 13.9. The number of hydrogen-bond acceptors (Lipinski definition) is 4. The van der Waals surface area contributed by atoms with Gasteiger partial charge < -0.3 is 25.0 Å². The minimum atomic E-state index is -0.0408. The Labute approximate surface area is 184 Å².